The van der Waals surface area contributed by atoms with Gasteiger partial charge in [0.1, 0.15) is 0 Å². The minimum atomic E-state index is 0.279. The Bertz CT molecular complexity index is 293. The van der Waals surface area contributed by atoms with Crippen molar-refractivity contribution >= 4 is 5.84 Å². The molecule has 0 atom stereocenters. The normalized spacial score (nSPS) is 10.3. The molecule has 0 aliphatic heterocycles. The van der Waals surface area contributed by atoms with Gasteiger partial charge < -0.3 is 4.90 Å². The summed E-state index contributed by atoms with van der Waals surface area (Å²) < 4.78 is 0. The lowest BCUT2D eigenvalue weighted by Gasteiger charge is -2.22. The number of nitrogens with zero attached hydrogens (tertiary/aromatic N) is 2. The monoisotopic (exact) mass is 191 g/mol. The van der Waals surface area contributed by atoms with Gasteiger partial charge in [0.2, 0.25) is 0 Å². The fraction of sp³-hybridized carbons (Fsp3) is 0.455. The molecule has 0 saturated heterocycles. The number of aromatic nitrogens is 1. The molecule has 1 aromatic rings. The molecule has 14 heavy (non-hydrogen) atoms. The van der Waals surface area contributed by atoms with E-state index in [4.69, 9.17) is 5.41 Å². The maximum Gasteiger partial charge on any atom is 0.0984 e. The zero-order chi connectivity index (χ0) is 10.6. The Morgan fingerprint density at radius 2 is 2.00 bits per heavy atom. The van der Waals surface area contributed by atoms with Crippen LogP contribution in [0.2, 0.25) is 0 Å². The number of rotatable bonds is 3. The number of hydrogen-bond donors (Lipinski definition) is 1. The van der Waals surface area contributed by atoms with Gasteiger partial charge >= 0.3 is 0 Å². The highest BCUT2D eigenvalue weighted by molar-refractivity contribution is 5.80. The van der Waals surface area contributed by atoms with Crippen LogP contribution in [0.1, 0.15) is 19.4 Å². The van der Waals surface area contributed by atoms with Crippen molar-refractivity contribution in [3.63, 3.8) is 0 Å². The summed E-state index contributed by atoms with van der Waals surface area (Å²) in [5, 5.41) is 7.81. The van der Waals surface area contributed by atoms with Crippen LogP contribution >= 0.6 is 0 Å². The van der Waals surface area contributed by atoms with Crippen LogP contribution in [0.4, 0.5) is 0 Å². The summed E-state index contributed by atoms with van der Waals surface area (Å²) in [4.78, 5) is 5.92. The Morgan fingerprint density at radius 3 is 2.50 bits per heavy atom. The van der Waals surface area contributed by atoms with Crippen LogP contribution in [0.5, 0.6) is 0 Å². The molecule has 1 rings (SSSR count). The van der Waals surface area contributed by atoms with E-state index in [1.165, 1.54) is 5.56 Å². The van der Waals surface area contributed by atoms with Crippen molar-refractivity contribution in [2.45, 2.75) is 20.4 Å². The van der Waals surface area contributed by atoms with Crippen molar-refractivity contribution in [3.05, 3.63) is 30.1 Å². The molecule has 3 nitrogen and oxygen atoms in total. The van der Waals surface area contributed by atoms with E-state index in [0.717, 1.165) is 6.54 Å². The predicted octanol–water partition coefficient (Wildman–Crippen LogP) is 2.15. The predicted molar refractivity (Wildman–Crippen MR) is 58.3 cm³/mol. The third-order valence-corrected chi connectivity index (χ3v) is 2.13. The molecule has 0 saturated carbocycles. The van der Waals surface area contributed by atoms with Crippen LogP contribution in [-0.2, 0) is 6.54 Å². The lowest BCUT2D eigenvalue weighted by Crippen LogP contribution is -2.29. The van der Waals surface area contributed by atoms with E-state index in [1.807, 2.05) is 37.9 Å². The largest absolute Gasteiger partial charge is 0.359 e. The van der Waals surface area contributed by atoms with Gasteiger partial charge in [-0.25, -0.2) is 0 Å². The minimum Gasteiger partial charge on any atom is -0.359 e. The highest BCUT2D eigenvalue weighted by atomic mass is 15.1. The third kappa shape index (κ3) is 2.83. The van der Waals surface area contributed by atoms with E-state index >= 15 is 0 Å². The number of pyridine rings is 1. The fourth-order valence-corrected chi connectivity index (χ4v) is 1.29. The Morgan fingerprint density at radius 1 is 1.43 bits per heavy atom. The molecule has 0 fully saturated rings. The fourth-order valence-electron chi connectivity index (χ4n) is 1.29. The van der Waals surface area contributed by atoms with Gasteiger partial charge in [-0.1, -0.05) is 13.8 Å². The Hall–Kier alpha value is -1.38. The molecule has 0 spiro atoms. The van der Waals surface area contributed by atoms with E-state index < -0.39 is 0 Å². The molecule has 0 aromatic carbocycles. The van der Waals surface area contributed by atoms with E-state index in [0.29, 0.717) is 5.84 Å². The van der Waals surface area contributed by atoms with Crippen molar-refractivity contribution in [1.82, 2.24) is 9.88 Å². The highest BCUT2D eigenvalue weighted by Crippen LogP contribution is 2.05. The van der Waals surface area contributed by atoms with Crippen LogP contribution in [0, 0.1) is 11.3 Å². The summed E-state index contributed by atoms with van der Waals surface area (Å²) in [6.07, 6.45) is 3.56. The quantitative estimate of drug-likeness (QED) is 0.587. The first kappa shape index (κ1) is 10.7. The summed E-state index contributed by atoms with van der Waals surface area (Å²) in [5.41, 5.74) is 1.19. The Labute approximate surface area is 85.3 Å². The first-order valence-corrected chi connectivity index (χ1v) is 4.79. The average Bonchev–Trinajstić information content (AvgIpc) is 2.18. The van der Waals surface area contributed by atoms with Gasteiger partial charge in [-0.2, -0.15) is 0 Å². The first-order valence-electron chi connectivity index (χ1n) is 4.79. The zero-order valence-corrected chi connectivity index (χ0v) is 8.99. The zero-order valence-electron chi connectivity index (χ0n) is 8.99. The van der Waals surface area contributed by atoms with Crippen LogP contribution < -0.4 is 0 Å². The number of nitrogens with one attached hydrogen (secondary N) is 1. The molecule has 0 radical (unpaired) electrons. The van der Waals surface area contributed by atoms with Crippen molar-refractivity contribution in [1.29, 1.82) is 5.41 Å². The molecular weight excluding hydrogens is 174 g/mol. The van der Waals surface area contributed by atoms with E-state index in [9.17, 15) is 0 Å². The number of amidine groups is 1. The van der Waals surface area contributed by atoms with Crippen molar-refractivity contribution in [2.75, 3.05) is 7.05 Å². The molecule has 0 unspecified atom stereocenters. The van der Waals surface area contributed by atoms with E-state index in [-0.39, 0.29) is 5.92 Å². The molecule has 1 heterocycles. The minimum absolute atomic E-state index is 0.279. The van der Waals surface area contributed by atoms with Gasteiger partial charge in [0.15, 0.2) is 0 Å². The highest BCUT2D eigenvalue weighted by Gasteiger charge is 2.08. The number of hydrogen-bond acceptors (Lipinski definition) is 2. The van der Waals surface area contributed by atoms with Gasteiger partial charge in [0.25, 0.3) is 0 Å². The van der Waals surface area contributed by atoms with E-state index in [2.05, 4.69) is 4.98 Å². The molecule has 76 valence electrons. The molecular formula is C11H17N3. The second kappa shape index (κ2) is 4.74. The maximum absolute atomic E-state index is 7.81. The SMILES string of the molecule is CC(C)C(=N)N(C)Cc1ccncc1. The summed E-state index contributed by atoms with van der Waals surface area (Å²) in [7, 11) is 1.95. The average molecular weight is 191 g/mol. The Balaban J connectivity index is 2.57. The standard InChI is InChI=1S/C11H17N3/c1-9(2)11(12)14(3)8-10-4-6-13-7-5-10/h4-7,9,12H,8H2,1-3H3. The second-order valence-corrected chi connectivity index (χ2v) is 3.75. The maximum atomic E-state index is 7.81. The summed E-state index contributed by atoms with van der Waals surface area (Å²) in [6.45, 7) is 4.84. The lowest BCUT2D eigenvalue weighted by molar-refractivity contribution is 0.468. The Kier molecular flexibility index (Phi) is 3.63. The van der Waals surface area contributed by atoms with Crippen molar-refractivity contribution < 1.29 is 0 Å². The summed E-state index contributed by atoms with van der Waals surface area (Å²) in [5.74, 6) is 0.948. The summed E-state index contributed by atoms with van der Waals surface area (Å²) >= 11 is 0. The van der Waals surface area contributed by atoms with Crippen LogP contribution in [-0.4, -0.2) is 22.8 Å². The van der Waals surface area contributed by atoms with Gasteiger partial charge in [0, 0.05) is 31.9 Å². The van der Waals surface area contributed by atoms with Crippen molar-refractivity contribution in [2.24, 2.45) is 5.92 Å². The van der Waals surface area contributed by atoms with Crippen molar-refractivity contribution in [3.8, 4) is 0 Å². The van der Waals surface area contributed by atoms with E-state index in [1.54, 1.807) is 12.4 Å². The molecule has 0 aliphatic rings. The van der Waals surface area contributed by atoms with Gasteiger partial charge in [-0.05, 0) is 17.7 Å². The molecule has 0 bridgehead atoms. The van der Waals surface area contributed by atoms with Gasteiger partial charge in [-0.3, -0.25) is 10.4 Å². The first-order chi connectivity index (χ1) is 6.61. The molecule has 3 heteroatoms. The smallest absolute Gasteiger partial charge is 0.0984 e. The molecule has 1 aromatic heterocycles. The summed E-state index contributed by atoms with van der Waals surface area (Å²) in [6, 6.07) is 3.95. The van der Waals surface area contributed by atoms with Crippen LogP contribution in [0.15, 0.2) is 24.5 Å². The lowest BCUT2D eigenvalue weighted by atomic mass is 10.1. The van der Waals surface area contributed by atoms with Crippen LogP contribution in [0.3, 0.4) is 0 Å². The van der Waals surface area contributed by atoms with Gasteiger partial charge in [0.05, 0.1) is 5.84 Å². The molecule has 0 aliphatic carbocycles. The van der Waals surface area contributed by atoms with Gasteiger partial charge in [-0.15, -0.1) is 0 Å². The molecule has 1 N–H and O–H groups in total. The topological polar surface area (TPSA) is 40.0 Å². The second-order valence-electron chi connectivity index (χ2n) is 3.75. The third-order valence-electron chi connectivity index (χ3n) is 2.13. The molecule has 0 amide bonds. The van der Waals surface area contributed by atoms with Crippen LogP contribution in [0.25, 0.3) is 0 Å².